The van der Waals surface area contributed by atoms with E-state index in [1.807, 2.05) is 4.57 Å². The molecule has 0 unspecified atom stereocenters. The molecule has 1 aromatic heterocycles. The Hall–Kier alpha value is -1.43. The zero-order valence-electron chi connectivity index (χ0n) is 13.7. The van der Waals surface area contributed by atoms with Crippen molar-refractivity contribution in [3.8, 4) is 0 Å². The van der Waals surface area contributed by atoms with Gasteiger partial charge in [0.1, 0.15) is 5.82 Å². The van der Waals surface area contributed by atoms with Crippen LogP contribution < -0.4 is 5.32 Å². The monoisotopic (exact) mass is 305 g/mol. The van der Waals surface area contributed by atoms with Gasteiger partial charge in [0.2, 0.25) is 5.82 Å². The second kappa shape index (κ2) is 6.77. The largest absolute Gasteiger partial charge is 0.349 e. The van der Waals surface area contributed by atoms with Crippen molar-refractivity contribution in [2.75, 3.05) is 26.2 Å². The molecule has 0 spiro atoms. The zero-order chi connectivity index (χ0) is 15.5. The Morgan fingerprint density at radius 2 is 2.18 bits per heavy atom. The summed E-state index contributed by atoms with van der Waals surface area (Å²) in [4.78, 5) is 14.8. The molecule has 0 radical (unpaired) electrons. The average molecular weight is 305 g/mol. The number of aromatic nitrogens is 3. The second-order valence-corrected chi connectivity index (χ2v) is 7.07. The predicted molar refractivity (Wildman–Crippen MR) is 84.7 cm³/mol. The zero-order valence-corrected chi connectivity index (χ0v) is 13.7. The Balaban J connectivity index is 1.50. The van der Waals surface area contributed by atoms with Crippen molar-refractivity contribution in [2.24, 2.45) is 11.8 Å². The van der Waals surface area contributed by atoms with Gasteiger partial charge in [0.25, 0.3) is 5.91 Å². The van der Waals surface area contributed by atoms with Gasteiger partial charge in [0, 0.05) is 32.6 Å². The molecule has 22 heavy (non-hydrogen) atoms. The fraction of sp³-hybridized carbons (Fsp3) is 0.812. The molecule has 1 fully saturated rings. The third-order valence-electron chi connectivity index (χ3n) is 4.61. The maximum Gasteiger partial charge on any atom is 0.289 e. The molecule has 2 aliphatic rings. The van der Waals surface area contributed by atoms with Crippen molar-refractivity contribution in [2.45, 2.75) is 46.1 Å². The first-order valence-electron chi connectivity index (χ1n) is 8.56. The summed E-state index contributed by atoms with van der Waals surface area (Å²) in [5, 5.41) is 11.3. The molecule has 1 atom stereocenters. The minimum Gasteiger partial charge on any atom is -0.349 e. The Labute approximate surface area is 132 Å². The quantitative estimate of drug-likeness (QED) is 0.891. The normalized spacial score (nSPS) is 22.0. The third-order valence-corrected chi connectivity index (χ3v) is 4.61. The topological polar surface area (TPSA) is 63.1 Å². The Morgan fingerprint density at radius 1 is 1.32 bits per heavy atom. The Morgan fingerprint density at radius 3 is 3.00 bits per heavy atom. The van der Waals surface area contributed by atoms with Crippen LogP contribution in [-0.4, -0.2) is 51.8 Å². The molecule has 6 nitrogen and oxygen atoms in total. The van der Waals surface area contributed by atoms with Crippen LogP contribution in [0.15, 0.2) is 0 Å². The van der Waals surface area contributed by atoms with E-state index in [0.717, 1.165) is 57.8 Å². The van der Waals surface area contributed by atoms with Gasteiger partial charge in [-0.05, 0) is 37.6 Å². The van der Waals surface area contributed by atoms with Crippen LogP contribution in [0, 0.1) is 11.8 Å². The van der Waals surface area contributed by atoms with Gasteiger partial charge < -0.3 is 14.8 Å². The van der Waals surface area contributed by atoms with Gasteiger partial charge in [-0.2, -0.15) is 0 Å². The number of hydrogen-bond acceptors (Lipinski definition) is 4. The number of amides is 1. The maximum absolute atomic E-state index is 12.3. The van der Waals surface area contributed by atoms with E-state index in [-0.39, 0.29) is 5.91 Å². The van der Waals surface area contributed by atoms with E-state index in [0.29, 0.717) is 17.7 Å². The minimum atomic E-state index is -0.0667. The van der Waals surface area contributed by atoms with Crippen LogP contribution in [0.2, 0.25) is 0 Å². The summed E-state index contributed by atoms with van der Waals surface area (Å²) in [6.45, 7) is 9.52. The number of carbonyl (C=O) groups excluding carboxylic acids is 1. The van der Waals surface area contributed by atoms with Gasteiger partial charge in [0.15, 0.2) is 0 Å². The van der Waals surface area contributed by atoms with Crippen LogP contribution in [0.25, 0.3) is 0 Å². The molecule has 0 saturated carbocycles. The molecule has 1 amide bonds. The van der Waals surface area contributed by atoms with E-state index in [2.05, 4.69) is 34.3 Å². The fourth-order valence-electron chi connectivity index (χ4n) is 3.55. The van der Waals surface area contributed by atoms with Gasteiger partial charge in [0.05, 0.1) is 0 Å². The van der Waals surface area contributed by atoms with Gasteiger partial charge in [-0.15, -0.1) is 10.2 Å². The summed E-state index contributed by atoms with van der Waals surface area (Å²) in [6, 6.07) is 0. The van der Waals surface area contributed by atoms with E-state index in [4.69, 9.17) is 0 Å². The van der Waals surface area contributed by atoms with Crippen molar-refractivity contribution in [1.29, 1.82) is 0 Å². The molecule has 3 heterocycles. The molecule has 1 saturated heterocycles. The van der Waals surface area contributed by atoms with Crippen LogP contribution in [0.5, 0.6) is 0 Å². The van der Waals surface area contributed by atoms with Gasteiger partial charge in [-0.1, -0.05) is 13.8 Å². The SMILES string of the molecule is CC(C)CN1CC[C@H](CNC(=O)c2nnc3n2CCCC3)C1. The minimum absolute atomic E-state index is 0.0667. The van der Waals surface area contributed by atoms with E-state index >= 15 is 0 Å². The predicted octanol–water partition coefficient (Wildman–Crippen LogP) is 1.32. The summed E-state index contributed by atoms with van der Waals surface area (Å²) in [5.74, 6) is 2.65. The average Bonchev–Trinajstić information content (AvgIpc) is 3.10. The lowest BCUT2D eigenvalue weighted by atomic mass is 10.1. The first-order chi connectivity index (χ1) is 10.6. The van der Waals surface area contributed by atoms with E-state index in [1.54, 1.807) is 0 Å². The first-order valence-corrected chi connectivity index (χ1v) is 8.56. The van der Waals surface area contributed by atoms with Crippen molar-refractivity contribution >= 4 is 5.91 Å². The molecule has 3 rings (SSSR count). The summed E-state index contributed by atoms with van der Waals surface area (Å²) in [5.41, 5.74) is 0. The number of nitrogens with zero attached hydrogens (tertiary/aromatic N) is 4. The summed E-state index contributed by atoms with van der Waals surface area (Å²) < 4.78 is 1.98. The van der Waals surface area contributed by atoms with Gasteiger partial charge >= 0.3 is 0 Å². The van der Waals surface area contributed by atoms with Crippen LogP contribution in [0.3, 0.4) is 0 Å². The summed E-state index contributed by atoms with van der Waals surface area (Å²) in [6.07, 6.45) is 4.36. The third kappa shape index (κ3) is 3.48. The molecule has 1 aromatic rings. The smallest absolute Gasteiger partial charge is 0.289 e. The number of fused-ring (bicyclic) bond motifs is 1. The molecular weight excluding hydrogens is 278 g/mol. The molecule has 0 aliphatic carbocycles. The molecule has 1 N–H and O–H groups in total. The molecule has 6 heteroatoms. The molecule has 0 bridgehead atoms. The Bertz CT molecular complexity index is 525. The lowest BCUT2D eigenvalue weighted by molar-refractivity contribution is 0.0931. The van der Waals surface area contributed by atoms with Crippen LogP contribution in [-0.2, 0) is 13.0 Å². The number of nitrogens with one attached hydrogen (secondary N) is 1. The lowest BCUT2D eigenvalue weighted by Gasteiger charge is -2.18. The van der Waals surface area contributed by atoms with E-state index in [9.17, 15) is 4.79 Å². The summed E-state index contributed by atoms with van der Waals surface area (Å²) in [7, 11) is 0. The number of hydrogen-bond donors (Lipinski definition) is 1. The molecule has 2 aliphatic heterocycles. The number of likely N-dealkylation sites (tertiary alicyclic amines) is 1. The highest BCUT2D eigenvalue weighted by Crippen LogP contribution is 2.17. The first kappa shape index (κ1) is 15.5. The molecule has 0 aromatic carbocycles. The van der Waals surface area contributed by atoms with E-state index < -0.39 is 0 Å². The van der Waals surface area contributed by atoms with Crippen molar-refractivity contribution in [1.82, 2.24) is 25.0 Å². The van der Waals surface area contributed by atoms with Crippen molar-refractivity contribution in [3.63, 3.8) is 0 Å². The van der Waals surface area contributed by atoms with Crippen molar-refractivity contribution < 1.29 is 4.79 Å². The standard InChI is InChI=1S/C16H27N5O/c1-12(2)10-20-8-6-13(11-20)9-17-16(22)15-19-18-14-5-3-4-7-21(14)15/h12-13H,3-11H2,1-2H3,(H,17,22)/t13-/m1/s1. The maximum atomic E-state index is 12.3. The van der Waals surface area contributed by atoms with Crippen LogP contribution >= 0.6 is 0 Å². The van der Waals surface area contributed by atoms with Gasteiger partial charge in [-0.3, -0.25) is 4.79 Å². The number of aryl methyl sites for hydroxylation is 1. The van der Waals surface area contributed by atoms with Crippen LogP contribution in [0.1, 0.15) is 49.6 Å². The highest BCUT2D eigenvalue weighted by molar-refractivity contribution is 5.90. The fourth-order valence-corrected chi connectivity index (χ4v) is 3.55. The van der Waals surface area contributed by atoms with E-state index in [1.165, 1.54) is 6.42 Å². The highest BCUT2D eigenvalue weighted by atomic mass is 16.2. The molecular formula is C16H27N5O. The summed E-state index contributed by atoms with van der Waals surface area (Å²) >= 11 is 0. The molecule has 122 valence electrons. The Kier molecular flexibility index (Phi) is 4.76. The number of rotatable bonds is 5. The van der Waals surface area contributed by atoms with Crippen molar-refractivity contribution in [3.05, 3.63) is 11.6 Å². The van der Waals surface area contributed by atoms with Gasteiger partial charge in [-0.25, -0.2) is 0 Å². The van der Waals surface area contributed by atoms with Crippen LogP contribution in [0.4, 0.5) is 0 Å². The second-order valence-electron chi connectivity index (χ2n) is 7.07. The number of carbonyl (C=O) groups is 1. The highest BCUT2D eigenvalue weighted by Gasteiger charge is 2.25. The lowest BCUT2D eigenvalue weighted by Crippen LogP contribution is -2.33.